The van der Waals surface area contributed by atoms with E-state index in [4.69, 9.17) is 0 Å². The van der Waals surface area contributed by atoms with Gasteiger partial charge in [0.2, 0.25) is 5.91 Å². The molecule has 2 aromatic rings. The number of hydrogen-bond acceptors (Lipinski definition) is 4. The number of nitrogens with zero attached hydrogens (tertiary/aromatic N) is 1. The number of carbonyl (C=O) groups excluding carboxylic acids is 1. The van der Waals surface area contributed by atoms with Crippen molar-refractivity contribution in [2.45, 2.75) is 13.3 Å². The summed E-state index contributed by atoms with van der Waals surface area (Å²) in [5.41, 5.74) is 2.36. The zero-order chi connectivity index (χ0) is 16.8. The van der Waals surface area contributed by atoms with Gasteiger partial charge in [0.15, 0.2) is 0 Å². The van der Waals surface area contributed by atoms with Crippen LogP contribution in [0, 0.1) is 10.1 Å². The summed E-state index contributed by atoms with van der Waals surface area (Å²) >= 11 is 3.23. The van der Waals surface area contributed by atoms with Crippen molar-refractivity contribution in [3.63, 3.8) is 0 Å². The first-order chi connectivity index (χ1) is 11.0. The van der Waals surface area contributed by atoms with E-state index in [-0.39, 0.29) is 11.6 Å². The van der Waals surface area contributed by atoms with E-state index in [1.807, 2.05) is 24.3 Å². The number of hydrogen-bond donors (Lipinski definition) is 2. The molecule has 0 spiro atoms. The molecule has 0 saturated carbocycles. The third-order valence-electron chi connectivity index (χ3n) is 3.16. The smallest absolute Gasteiger partial charge is 0.293 e. The van der Waals surface area contributed by atoms with Gasteiger partial charge in [-0.25, -0.2) is 0 Å². The number of amides is 1. The SMILES string of the molecule is CC(=O)Nc1ccc(CCNc2ccc(Br)cc2[N+](=O)[O-])cc1. The summed E-state index contributed by atoms with van der Waals surface area (Å²) in [5, 5.41) is 16.8. The van der Waals surface area contributed by atoms with Gasteiger partial charge in [-0.15, -0.1) is 0 Å². The van der Waals surface area contributed by atoms with Crippen molar-refractivity contribution in [1.29, 1.82) is 0 Å². The molecule has 0 fully saturated rings. The van der Waals surface area contributed by atoms with E-state index in [1.165, 1.54) is 13.0 Å². The van der Waals surface area contributed by atoms with Crippen molar-refractivity contribution in [2.24, 2.45) is 0 Å². The Morgan fingerprint density at radius 3 is 2.52 bits per heavy atom. The Balaban J connectivity index is 1.95. The van der Waals surface area contributed by atoms with Crippen molar-refractivity contribution in [3.05, 3.63) is 62.6 Å². The molecule has 2 aromatic carbocycles. The minimum Gasteiger partial charge on any atom is -0.379 e. The van der Waals surface area contributed by atoms with Crippen molar-refractivity contribution < 1.29 is 9.72 Å². The Kier molecular flexibility index (Phi) is 5.70. The van der Waals surface area contributed by atoms with Crippen molar-refractivity contribution in [1.82, 2.24) is 0 Å². The van der Waals surface area contributed by atoms with Gasteiger partial charge >= 0.3 is 0 Å². The van der Waals surface area contributed by atoms with Gasteiger partial charge in [-0.3, -0.25) is 14.9 Å². The van der Waals surface area contributed by atoms with Gasteiger partial charge in [0.25, 0.3) is 5.69 Å². The van der Waals surface area contributed by atoms with Crippen LogP contribution < -0.4 is 10.6 Å². The van der Waals surface area contributed by atoms with E-state index < -0.39 is 4.92 Å². The summed E-state index contributed by atoms with van der Waals surface area (Å²) in [6.45, 7) is 2.03. The summed E-state index contributed by atoms with van der Waals surface area (Å²) < 4.78 is 0.670. The third kappa shape index (κ3) is 5.07. The molecule has 0 bridgehead atoms. The van der Waals surface area contributed by atoms with Gasteiger partial charge in [0.05, 0.1) is 4.92 Å². The van der Waals surface area contributed by atoms with Crippen LogP contribution in [0.1, 0.15) is 12.5 Å². The molecule has 0 aliphatic carbocycles. The maximum atomic E-state index is 11.0. The van der Waals surface area contributed by atoms with Crippen molar-refractivity contribution in [2.75, 3.05) is 17.2 Å². The quantitative estimate of drug-likeness (QED) is 0.589. The first-order valence-electron chi connectivity index (χ1n) is 7.00. The third-order valence-corrected chi connectivity index (χ3v) is 3.65. The Bertz CT molecular complexity index is 717. The van der Waals surface area contributed by atoms with Crippen LogP contribution in [0.5, 0.6) is 0 Å². The fourth-order valence-corrected chi connectivity index (χ4v) is 2.45. The van der Waals surface area contributed by atoms with Crippen molar-refractivity contribution in [3.8, 4) is 0 Å². The predicted octanol–water partition coefficient (Wildman–Crippen LogP) is 3.97. The fraction of sp³-hybridized carbons (Fsp3) is 0.188. The highest BCUT2D eigenvalue weighted by Gasteiger charge is 2.13. The van der Waals surface area contributed by atoms with Crippen LogP contribution in [0.4, 0.5) is 17.1 Å². The number of nitrogens with one attached hydrogen (secondary N) is 2. The number of anilines is 2. The highest BCUT2D eigenvalue weighted by Crippen LogP contribution is 2.27. The topological polar surface area (TPSA) is 84.3 Å². The molecular weight excluding hydrogens is 362 g/mol. The lowest BCUT2D eigenvalue weighted by atomic mass is 10.1. The number of nitro groups is 1. The highest BCUT2D eigenvalue weighted by atomic mass is 79.9. The Morgan fingerprint density at radius 2 is 1.91 bits per heavy atom. The molecule has 0 aromatic heterocycles. The highest BCUT2D eigenvalue weighted by molar-refractivity contribution is 9.10. The first-order valence-corrected chi connectivity index (χ1v) is 7.79. The van der Waals surface area contributed by atoms with E-state index in [0.29, 0.717) is 23.1 Å². The van der Waals surface area contributed by atoms with Crippen LogP contribution >= 0.6 is 15.9 Å². The molecule has 2 N–H and O–H groups in total. The largest absolute Gasteiger partial charge is 0.379 e. The second-order valence-electron chi connectivity index (χ2n) is 4.97. The second kappa shape index (κ2) is 7.73. The molecule has 7 heteroatoms. The maximum Gasteiger partial charge on any atom is 0.293 e. The molecule has 6 nitrogen and oxygen atoms in total. The molecule has 1 amide bonds. The number of benzene rings is 2. The van der Waals surface area contributed by atoms with E-state index in [9.17, 15) is 14.9 Å². The molecular formula is C16H16BrN3O3. The molecule has 0 atom stereocenters. The number of halogens is 1. The van der Waals surface area contributed by atoms with E-state index >= 15 is 0 Å². The van der Waals surface area contributed by atoms with Crippen LogP contribution in [-0.2, 0) is 11.2 Å². The fourth-order valence-electron chi connectivity index (χ4n) is 2.10. The van der Waals surface area contributed by atoms with Gasteiger partial charge in [-0.2, -0.15) is 0 Å². The van der Waals surface area contributed by atoms with Gasteiger partial charge < -0.3 is 10.6 Å². The standard InChI is InChI=1S/C16H16BrN3O3/c1-11(21)19-14-5-2-12(3-6-14)8-9-18-15-7-4-13(17)10-16(15)20(22)23/h2-7,10,18H,8-9H2,1H3,(H,19,21). The molecule has 0 unspecified atom stereocenters. The lowest BCUT2D eigenvalue weighted by Gasteiger charge is -2.08. The minimum absolute atomic E-state index is 0.0420. The number of nitro benzene ring substituents is 1. The normalized spacial score (nSPS) is 10.2. The first kappa shape index (κ1) is 17.0. The molecule has 23 heavy (non-hydrogen) atoms. The maximum absolute atomic E-state index is 11.0. The van der Waals surface area contributed by atoms with E-state index in [2.05, 4.69) is 26.6 Å². The number of carbonyl (C=O) groups is 1. The van der Waals surface area contributed by atoms with E-state index in [1.54, 1.807) is 12.1 Å². The van der Waals surface area contributed by atoms with Crippen LogP contribution in [0.15, 0.2) is 46.9 Å². The molecule has 2 rings (SSSR count). The van der Waals surface area contributed by atoms with Crippen LogP contribution in [0.25, 0.3) is 0 Å². The predicted molar refractivity (Wildman–Crippen MR) is 93.7 cm³/mol. The Morgan fingerprint density at radius 1 is 1.22 bits per heavy atom. The monoisotopic (exact) mass is 377 g/mol. The van der Waals surface area contributed by atoms with Gasteiger partial charge in [-0.1, -0.05) is 28.1 Å². The average molecular weight is 378 g/mol. The summed E-state index contributed by atoms with van der Waals surface area (Å²) in [6, 6.07) is 12.4. The van der Waals surface area contributed by atoms with E-state index in [0.717, 1.165) is 11.3 Å². The molecule has 0 saturated heterocycles. The van der Waals surface area contributed by atoms with Crippen LogP contribution in [0.3, 0.4) is 0 Å². The van der Waals surface area contributed by atoms with Crippen LogP contribution in [0.2, 0.25) is 0 Å². The summed E-state index contributed by atoms with van der Waals surface area (Å²) in [6.07, 6.45) is 0.716. The second-order valence-corrected chi connectivity index (χ2v) is 5.89. The summed E-state index contributed by atoms with van der Waals surface area (Å²) in [5.74, 6) is -0.109. The minimum atomic E-state index is -0.407. The molecule has 120 valence electrons. The van der Waals surface area contributed by atoms with Crippen molar-refractivity contribution >= 4 is 38.9 Å². The van der Waals surface area contributed by atoms with Gasteiger partial charge in [0.1, 0.15) is 5.69 Å². The Labute approximate surface area is 142 Å². The molecule has 0 radical (unpaired) electrons. The summed E-state index contributed by atoms with van der Waals surface area (Å²) in [4.78, 5) is 21.6. The zero-order valence-electron chi connectivity index (χ0n) is 12.5. The molecule has 0 heterocycles. The average Bonchev–Trinajstić information content (AvgIpc) is 2.49. The molecule has 0 aliphatic heterocycles. The lowest BCUT2D eigenvalue weighted by Crippen LogP contribution is -2.08. The van der Waals surface area contributed by atoms with Gasteiger partial charge in [-0.05, 0) is 36.2 Å². The molecule has 0 aliphatic rings. The summed E-state index contributed by atoms with van der Waals surface area (Å²) in [7, 11) is 0. The Hall–Kier alpha value is -2.41. The lowest BCUT2D eigenvalue weighted by molar-refractivity contribution is -0.384. The number of rotatable bonds is 6. The van der Waals surface area contributed by atoms with Crippen LogP contribution in [-0.4, -0.2) is 17.4 Å². The van der Waals surface area contributed by atoms with Gasteiger partial charge in [0, 0.05) is 29.7 Å². The zero-order valence-corrected chi connectivity index (χ0v) is 14.1.